The van der Waals surface area contributed by atoms with Crippen LogP contribution in [0.3, 0.4) is 0 Å². The van der Waals surface area contributed by atoms with E-state index in [9.17, 15) is 4.79 Å². The molecule has 0 N–H and O–H groups in total. The van der Waals surface area contributed by atoms with E-state index in [1.54, 1.807) is 0 Å². The fraction of sp³-hybridized carbons (Fsp3) is 0.750. The molecule has 2 nitrogen and oxygen atoms in total. The molecule has 0 unspecified atom stereocenters. The van der Waals surface area contributed by atoms with Crippen molar-refractivity contribution in [2.45, 2.75) is 52.2 Å². The van der Waals surface area contributed by atoms with Gasteiger partial charge in [-0.2, -0.15) is 0 Å². The Morgan fingerprint density at radius 2 is 1.80 bits per heavy atom. The van der Waals surface area contributed by atoms with E-state index in [4.69, 9.17) is 4.74 Å². The normalized spacial score (nSPS) is 11.2. The van der Waals surface area contributed by atoms with Crippen molar-refractivity contribution in [1.29, 1.82) is 0 Å². The van der Waals surface area contributed by atoms with Crippen LogP contribution in [0.4, 0.5) is 0 Å². The number of rotatable bonds is 7. The van der Waals surface area contributed by atoms with Gasteiger partial charge in [-0.15, -0.1) is 0 Å². The van der Waals surface area contributed by atoms with Gasteiger partial charge in [-0.1, -0.05) is 52.4 Å². The molecule has 0 aromatic rings. The second kappa shape index (κ2) is 6.83. The molecule has 0 saturated heterocycles. The number of unbranched alkanes of at least 4 members (excludes halogenated alkanes) is 3. The summed E-state index contributed by atoms with van der Waals surface area (Å²) >= 11 is 0. The van der Waals surface area contributed by atoms with Crippen molar-refractivity contribution in [3.05, 3.63) is 11.8 Å². The van der Waals surface area contributed by atoms with Crippen LogP contribution in [0.25, 0.3) is 0 Å². The van der Waals surface area contributed by atoms with Crippen molar-refractivity contribution >= 4 is 14.0 Å². The molecule has 88 valence electrons. The van der Waals surface area contributed by atoms with E-state index in [1.165, 1.54) is 12.8 Å². The molecule has 3 heteroatoms. The highest BCUT2D eigenvalue weighted by Gasteiger charge is 2.24. The van der Waals surface area contributed by atoms with Crippen molar-refractivity contribution in [2.24, 2.45) is 0 Å². The molecule has 0 aliphatic heterocycles. The van der Waals surface area contributed by atoms with Crippen LogP contribution in [-0.2, 0) is 9.53 Å². The number of hydrogen-bond acceptors (Lipinski definition) is 2. The van der Waals surface area contributed by atoms with Gasteiger partial charge in [-0.25, -0.2) is 4.79 Å². The summed E-state index contributed by atoms with van der Waals surface area (Å²) in [5, 5.41) is 0.693. The predicted molar refractivity (Wildman–Crippen MR) is 67.6 cm³/mol. The zero-order valence-electron chi connectivity index (χ0n) is 10.6. The molecule has 0 aliphatic carbocycles. The van der Waals surface area contributed by atoms with Crippen molar-refractivity contribution in [1.82, 2.24) is 0 Å². The van der Waals surface area contributed by atoms with Gasteiger partial charge < -0.3 is 4.74 Å². The van der Waals surface area contributed by atoms with Crippen molar-refractivity contribution in [3.63, 3.8) is 0 Å². The Labute approximate surface area is 94.7 Å². The zero-order chi connectivity index (χ0) is 11.9. The van der Waals surface area contributed by atoms with Crippen molar-refractivity contribution in [3.8, 4) is 0 Å². The van der Waals surface area contributed by atoms with E-state index >= 15 is 0 Å². The second-order valence-electron chi connectivity index (χ2n) is 4.93. The van der Waals surface area contributed by atoms with Gasteiger partial charge in [-0.05, 0) is 6.42 Å². The maximum atomic E-state index is 11.5. The monoisotopic (exact) mass is 228 g/mol. The summed E-state index contributed by atoms with van der Waals surface area (Å²) in [6, 6.07) is 0. The van der Waals surface area contributed by atoms with Gasteiger partial charge in [0.05, 0.1) is 14.7 Å². The SMILES string of the molecule is C=C(C(=O)OCCCCCC)[Si](C)(C)C. The Balaban J connectivity index is 3.71. The molecule has 0 spiro atoms. The predicted octanol–water partition coefficient (Wildman–Crippen LogP) is 3.54. The zero-order valence-corrected chi connectivity index (χ0v) is 11.6. The highest BCUT2D eigenvalue weighted by molar-refractivity contribution is 6.86. The number of hydrogen-bond donors (Lipinski definition) is 0. The molecular weight excluding hydrogens is 204 g/mol. The van der Waals surface area contributed by atoms with Crippen LogP contribution >= 0.6 is 0 Å². The average Bonchev–Trinajstić information content (AvgIpc) is 2.14. The maximum absolute atomic E-state index is 11.5. The van der Waals surface area contributed by atoms with E-state index < -0.39 is 8.07 Å². The average molecular weight is 228 g/mol. The molecule has 0 atom stereocenters. The number of ether oxygens (including phenoxy) is 1. The van der Waals surface area contributed by atoms with Gasteiger partial charge >= 0.3 is 5.97 Å². The second-order valence-corrected chi connectivity index (χ2v) is 10.0. The quantitative estimate of drug-likeness (QED) is 0.288. The number of esters is 1. The number of carbonyl (C=O) groups is 1. The van der Waals surface area contributed by atoms with Crippen molar-refractivity contribution in [2.75, 3.05) is 6.61 Å². The molecule has 0 aliphatic rings. The first-order valence-corrected chi connectivity index (χ1v) is 9.26. The Kier molecular flexibility index (Phi) is 6.57. The number of carbonyl (C=O) groups excluding carboxylic acids is 1. The van der Waals surface area contributed by atoms with Crippen LogP contribution < -0.4 is 0 Å². The topological polar surface area (TPSA) is 26.3 Å². The molecule has 0 aromatic heterocycles. The van der Waals surface area contributed by atoms with E-state index in [0.717, 1.165) is 12.8 Å². The Hall–Kier alpha value is -0.573. The molecule has 0 fully saturated rings. The first kappa shape index (κ1) is 14.4. The van der Waals surface area contributed by atoms with E-state index in [1.807, 2.05) is 0 Å². The standard InChI is InChI=1S/C12H24O2Si/c1-6-7-8-9-10-14-12(13)11(2)15(3,4)5/h2,6-10H2,1,3-5H3. The molecule has 0 aromatic carbocycles. The fourth-order valence-corrected chi connectivity index (χ4v) is 1.77. The smallest absolute Gasteiger partial charge is 0.329 e. The van der Waals surface area contributed by atoms with Gasteiger partial charge in [-0.3, -0.25) is 0 Å². The fourth-order valence-electron chi connectivity index (χ4n) is 1.09. The van der Waals surface area contributed by atoms with Crippen molar-refractivity contribution < 1.29 is 9.53 Å². The van der Waals surface area contributed by atoms with E-state index in [0.29, 0.717) is 11.8 Å². The van der Waals surface area contributed by atoms with Crippen LogP contribution in [0.2, 0.25) is 19.6 Å². The molecule has 15 heavy (non-hydrogen) atoms. The summed E-state index contributed by atoms with van der Waals surface area (Å²) in [5.41, 5.74) is 0. The third-order valence-electron chi connectivity index (χ3n) is 2.38. The van der Waals surface area contributed by atoms with E-state index in [2.05, 4.69) is 33.1 Å². The third kappa shape index (κ3) is 6.50. The lowest BCUT2D eigenvalue weighted by Gasteiger charge is -2.17. The van der Waals surface area contributed by atoms with Crippen LogP contribution in [0.5, 0.6) is 0 Å². The van der Waals surface area contributed by atoms with Crippen LogP contribution in [-0.4, -0.2) is 20.7 Å². The highest BCUT2D eigenvalue weighted by atomic mass is 28.3. The van der Waals surface area contributed by atoms with Gasteiger partial charge in [0, 0.05) is 5.20 Å². The van der Waals surface area contributed by atoms with Crippen LogP contribution in [0, 0.1) is 0 Å². The lowest BCUT2D eigenvalue weighted by molar-refractivity contribution is -0.138. The molecule has 0 amide bonds. The summed E-state index contributed by atoms with van der Waals surface area (Å²) in [5.74, 6) is -0.189. The Bertz CT molecular complexity index is 216. The lowest BCUT2D eigenvalue weighted by Crippen LogP contribution is -2.30. The summed E-state index contributed by atoms with van der Waals surface area (Å²) in [6.07, 6.45) is 4.53. The first-order chi connectivity index (χ1) is 6.89. The summed E-state index contributed by atoms with van der Waals surface area (Å²) < 4.78 is 5.17. The first-order valence-electron chi connectivity index (χ1n) is 5.76. The summed E-state index contributed by atoms with van der Waals surface area (Å²) in [7, 11) is -1.57. The molecular formula is C12H24O2Si. The van der Waals surface area contributed by atoms with E-state index in [-0.39, 0.29) is 5.97 Å². The molecule has 0 bridgehead atoms. The van der Waals surface area contributed by atoms with Gasteiger partial charge in [0.2, 0.25) is 0 Å². The highest BCUT2D eigenvalue weighted by Crippen LogP contribution is 2.13. The molecule has 0 radical (unpaired) electrons. The summed E-state index contributed by atoms with van der Waals surface area (Å²) in [4.78, 5) is 11.5. The molecule has 0 heterocycles. The van der Waals surface area contributed by atoms with Gasteiger partial charge in [0.1, 0.15) is 0 Å². The van der Waals surface area contributed by atoms with Gasteiger partial charge in [0.25, 0.3) is 0 Å². The molecule has 0 saturated carbocycles. The molecule has 0 rings (SSSR count). The van der Waals surface area contributed by atoms with Crippen LogP contribution in [0.1, 0.15) is 32.6 Å². The maximum Gasteiger partial charge on any atom is 0.329 e. The van der Waals surface area contributed by atoms with Crippen LogP contribution in [0.15, 0.2) is 11.8 Å². The summed E-state index contributed by atoms with van der Waals surface area (Å²) in [6.45, 7) is 12.9. The minimum absolute atomic E-state index is 0.189. The largest absolute Gasteiger partial charge is 0.463 e. The lowest BCUT2D eigenvalue weighted by atomic mass is 10.2. The van der Waals surface area contributed by atoms with Gasteiger partial charge in [0.15, 0.2) is 0 Å². The Morgan fingerprint density at radius 3 is 2.27 bits per heavy atom. The Morgan fingerprint density at radius 1 is 1.20 bits per heavy atom. The minimum atomic E-state index is -1.57. The third-order valence-corrected chi connectivity index (χ3v) is 4.40. The minimum Gasteiger partial charge on any atom is -0.463 e.